The lowest BCUT2D eigenvalue weighted by Gasteiger charge is -2.38. The van der Waals surface area contributed by atoms with Gasteiger partial charge in [-0.05, 0) is 56.7 Å². The van der Waals surface area contributed by atoms with E-state index in [4.69, 9.17) is 4.74 Å². The summed E-state index contributed by atoms with van der Waals surface area (Å²) in [4.78, 5) is 1.17. The fraction of sp³-hybridized carbons (Fsp3) is 0.636. The van der Waals surface area contributed by atoms with Crippen LogP contribution in [0.5, 0.6) is 5.75 Å². The van der Waals surface area contributed by atoms with Gasteiger partial charge >= 0.3 is 0 Å². The Hall–Kier alpha value is -0.930. The first kappa shape index (κ1) is 20.4. The highest BCUT2D eigenvalue weighted by atomic mass is 32.2. The number of aliphatic hydroxyl groups is 1. The molecule has 140 valence electrons. The van der Waals surface area contributed by atoms with Crippen LogP contribution in [0.25, 0.3) is 0 Å². The Labute approximate surface area is 158 Å². The summed E-state index contributed by atoms with van der Waals surface area (Å²) < 4.78 is 5.94. The third kappa shape index (κ3) is 4.25. The van der Waals surface area contributed by atoms with E-state index >= 15 is 0 Å². The molecule has 25 heavy (non-hydrogen) atoms. The van der Waals surface area contributed by atoms with E-state index in [2.05, 4.69) is 52.8 Å². The maximum Gasteiger partial charge on any atom is 0.122 e. The van der Waals surface area contributed by atoms with Crippen molar-refractivity contribution in [3.05, 3.63) is 39.8 Å². The summed E-state index contributed by atoms with van der Waals surface area (Å²) in [5, 5.41) is 10.1. The van der Waals surface area contributed by atoms with E-state index in [9.17, 15) is 5.11 Å². The van der Waals surface area contributed by atoms with Crippen molar-refractivity contribution in [1.82, 2.24) is 0 Å². The third-order valence-electron chi connectivity index (χ3n) is 5.78. The fourth-order valence-corrected chi connectivity index (χ4v) is 5.66. The number of allylic oxidation sites excluding steroid dienone is 1. The molecule has 0 amide bonds. The van der Waals surface area contributed by atoms with Crippen molar-refractivity contribution < 1.29 is 9.84 Å². The minimum Gasteiger partial charge on any atom is -0.493 e. The summed E-state index contributed by atoms with van der Waals surface area (Å²) in [6.07, 6.45) is 5.56. The average molecular weight is 363 g/mol. The van der Waals surface area contributed by atoms with Crippen molar-refractivity contribution in [3.8, 4) is 5.75 Å². The second kappa shape index (κ2) is 9.14. The molecule has 1 N–H and O–H groups in total. The lowest BCUT2D eigenvalue weighted by molar-refractivity contribution is 0.306. The topological polar surface area (TPSA) is 29.5 Å². The number of hydrogen-bond acceptors (Lipinski definition) is 3. The lowest BCUT2D eigenvalue weighted by Crippen LogP contribution is -2.35. The largest absolute Gasteiger partial charge is 0.493 e. The Morgan fingerprint density at radius 1 is 1.20 bits per heavy atom. The van der Waals surface area contributed by atoms with Gasteiger partial charge in [0.25, 0.3) is 0 Å². The van der Waals surface area contributed by atoms with Gasteiger partial charge in [-0.1, -0.05) is 44.9 Å². The number of rotatable bonds is 9. The molecule has 0 saturated carbocycles. The van der Waals surface area contributed by atoms with Gasteiger partial charge in [-0.3, -0.25) is 0 Å². The summed E-state index contributed by atoms with van der Waals surface area (Å²) in [6.45, 7) is 12.1. The molecule has 1 aromatic carbocycles. The highest BCUT2D eigenvalue weighted by molar-refractivity contribution is 8.04. The van der Waals surface area contributed by atoms with Crippen LogP contribution >= 0.6 is 11.8 Å². The molecule has 2 rings (SSSR count). The van der Waals surface area contributed by atoms with Crippen LogP contribution in [0.2, 0.25) is 0 Å². The zero-order valence-corrected chi connectivity index (χ0v) is 17.3. The van der Waals surface area contributed by atoms with Gasteiger partial charge in [0.2, 0.25) is 0 Å². The maximum absolute atomic E-state index is 9.62. The van der Waals surface area contributed by atoms with Gasteiger partial charge < -0.3 is 9.84 Å². The minimum absolute atomic E-state index is 0.148. The fourth-order valence-electron chi connectivity index (χ4n) is 3.93. The van der Waals surface area contributed by atoms with Crippen LogP contribution < -0.4 is 4.74 Å². The SMILES string of the molecule is CCCCOc1ccc(C(CC)(CC)C2CC(C)=C(CO)S2)cc1C. The summed E-state index contributed by atoms with van der Waals surface area (Å²) in [6, 6.07) is 6.77. The second-order valence-electron chi connectivity index (χ2n) is 7.22. The molecule has 0 fully saturated rings. The molecule has 0 bridgehead atoms. The summed E-state index contributed by atoms with van der Waals surface area (Å²) >= 11 is 1.89. The summed E-state index contributed by atoms with van der Waals surface area (Å²) in [5.74, 6) is 1.02. The van der Waals surface area contributed by atoms with E-state index < -0.39 is 0 Å². The first-order valence-electron chi connectivity index (χ1n) is 9.72. The van der Waals surface area contributed by atoms with Crippen LogP contribution in [0.3, 0.4) is 0 Å². The van der Waals surface area contributed by atoms with Crippen molar-refractivity contribution in [3.63, 3.8) is 0 Å². The molecule has 1 atom stereocenters. The Kier molecular flexibility index (Phi) is 7.45. The van der Waals surface area contributed by atoms with Crippen LogP contribution in [-0.2, 0) is 5.41 Å². The Balaban J connectivity index is 2.27. The van der Waals surface area contributed by atoms with Gasteiger partial charge in [-0.2, -0.15) is 0 Å². The van der Waals surface area contributed by atoms with Crippen LogP contribution in [0, 0.1) is 6.92 Å². The van der Waals surface area contributed by atoms with Gasteiger partial charge in [0, 0.05) is 15.6 Å². The predicted octanol–water partition coefficient (Wildman–Crippen LogP) is 6.00. The summed E-state index contributed by atoms with van der Waals surface area (Å²) in [5.41, 5.74) is 4.16. The van der Waals surface area contributed by atoms with E-state index in [1.807, 2.05) is 11.8 Å². The molecular weight excluding hydrogens is 328 g/mol. The van der Waals surface area contributed by atoms with E-state index in [1.165, 1.54) is 21.6 Å². The third-order valence-corrected chi connectivity index (χ3v) is 7.44. The molecule has 3 heteroatoms. The lowest BCUT2D eigenvalue weighted by atomic mass is 9.71. The first-order chi connectivity index (χ1) is 12.0. The number of ether oxygens (including phenoxy) is 1. The summed E-state index contributed by atoms with van der Waals surface area (Å²) in [7, 11) is 0. The molecule has 1 aromatic rings. The maximum atomic E-state index is 9.62. The van der Waals surface area contributed by atoms with Gasteiger partial charge in [0.05, 0.1) is 13.2 Å². The number of thioether (sulfide) groups is 1. The van der Waals surface area contributed by atoms with Crippen LogP contribution in [0.15, 0.2) is 28.7 Å². The molecule has 0 aromatic heterocycles. The Morgan fingerprint density at radius 3 is 2.44 bits per heavy atom. The van der Waals surface area contributed by atoms with Gasteiger partial charge in [-0.15, -0.1) is 11.8 Å². The Morgan fingerprint density at radius 2 is 1.92 bits per heavy atom. The monoisotopic (exact) mass is 362 g/mol. The standard InChI is InChI=1S/C22H34O2S/c1-6-9-12-24-19-11-10-18(13-16(19)4)22(7-2,8-3)21-14-17(5)20(15-23)25-21/h10-11,13,21,23H,6-9,12,14-15H2,1-5H3. The minimum atomic E-state index is 0.148. The molecule has 1 heterocycles. The molecule has 0 saturated heterocycles. The number of aliphatic hydroxyl groups excluding tert-OH is 1. The zero-order chi connectivity index (χ0) is 18.4. The zero-order valence-electron chi connectivity index (χ0n) is 16.5. The van der Waals surface area contributed by atoms with Crippen LogP contribution in [-0.4, -0.2) is 23.6 Å². The Bertz CT molecular complexity index is 602. The normalized spacial score (nSPS) is 18.1. The molecule has 0 aliphatic carbocycles. The quantitative estimate of drug-likeness (QED) is 0.546. The number of hydrogen-bond donors (Lipinski definition) is 1. The predicted molar refractivity (Wildman–Crippen MR) is 110 cm³/mol. The number of unbranched alkanes of at least 4 members (excludes halogenated alkanes) is 1. The number of benzene rings is 1. The highest BCUT2D eigenvalue weighted by Crippen LogP contribution is 2.50. The van der Waals surface area contributed by atoms with E-state index in [0.717, 1.165) is 44.5 Å². The molecular formula is C22H34O2S. The van der Waals surface area contributed by atoms with E-state index in [1.54, 1.807) is 0 Å². The van der Waals surface area contributed by atoms with Crippen LogP contribution in [0.1, 0.15) is 70.9 Å². The van der Waals surface area contributed by atoms with Crippen molar-refractivity contribution in [1.29, 1.82) is 0 Å². The molecule has 0 radical (unpaired) electrons. The molecule has 1 unspecified atom stereocenters. The van der Waals surface area contributed by atoms with Crippen molar-refractivity contribution >= 4 is 11.8 Å². The number of aryl methyl sites for hydroxylation is 1. The van der Waals surface area contributed by atoms with Crippen LogP contribution in [0.4, 0.5) is 0 Å². The van der Waals surface area contributed by atoms with Crippen molar-refractivity contribution in [2.45, 2.75) is 77.4 Å². The van der Waals surface area contributed by atoms with Gasteiger partial charge in [0.1, 0.15) is 5.75 Å². The molecule has 2 nitrogen and oxygen atoms in total. The average Bonchev–Trinajstić information content (AvgIpc) is 2.99. The molecule has 1 aliphatic heterocycles. The first-order valence-corrected chi connectivity index (χ1v) is 10.6. The van der Waals surface area contributed by atoms with Crippen molar-refractivity contribution in [2.75, 3.05) is 13.2 Å². The van der Waals surface area contributed by atoms with E-state index in [-0.39, 0.29) is 12.0 Å². The molecule has 0 spiro atoms. The second-order valence-corrected chi connectivity index (χ2v) is 8.52. The van der Waals surface area contributed by atoms with Gasteiger partial charge in [-0.25, -0.2) is 0 Å². The highest BCUT2D eigenvalue weighted by Gasteiger charge is 2.41. The molecule has 1 aliphatic rings. The van der Waals surface area contributed by atoms with E-state index in [0.29, 0.717) is 5.25 Å². The van der Waals surface area contributed by atoms with Gasteiger partial charge in [0.15, 0.2) is 0 Å². The smallest absolute Gasteiger partial charge is 0.122 e. The van der Waals surface area contributed by atoms with Crippen molar-refractivity contribution in [2.24, 2.45) is 0 Å².